The first-order valence-corrected chi connectivity index (χ1v) is 5.05. The van der Waals surface area contributed by atoms with Gasteiger partial charge in [0.2, 0.25) is 0 Å². The second kappa shape index (κ2) is 5.53. The fourth-order valence-electron chi connectivity index (χ4n) is 1.45. The molecule has 102 valence electrons. The zero-order chi connectivity index (χ0) is 13.9. The average molecular weight is 265 g/mol. The molecule has 0 spiro atoms. The number of alkyl halides is 3. The molecule has 8 heteroatoms. The van der Waals surface area contributed by atoms with Crippen LogP contribution in [0.3, 0.4) is 0 Å². The molecule has 18 heavy (non-hydrogen) atoms. The molecule has 2 unspecified atom stereocenters. The first-order chi connectivity index (χ1) is 8.31. The molecule has 0 amide bonds. The van der Waals surface area contributed by atoms with Crippen LogP contribution in [-0.4, -0.2) is 22.9 Å². The molecule has 0 saturated carbocycles. The fraction of sp³-hybridized carbons (Fsp3) is 0.400. The lowest BCUT2D eigenvalue weighted by molar-refractivity contribution is -0.137. The molecule has 1 aromatic rings. The van der Waals surface area contributed by atoms with Crippen LogP contribution in [0.15, 0.2) is 18.2 Å². The van der Waals surface area contributed by atoms with E-state index in [4.69, 9.17) is 11.6 Å². The van der Waals surface area contributed by atoms with Crippen LogP contribution in [0, 0.1) is 0 Å². The molecule has 0 fully saturated rings. The van der Waals surface area contributed by atoms with Crippen molar-refractivity contribution in [1.82, 2.24) is 0 Å². The predicted molar refractivity (Wildman–Crippen MR) is 59.3 cm³/mol. The number of hydrogen-bond acceptors (Lipinski definition) is 5. The number of halogens is 3. The Labute approximate surface area is 101 Å². The van der Waals surface area contributed by atoms with Crippen molar-refractivity contribution in [3.63, 3.8) is 0 Å². The Morgan fingerprint density at radius 2 is 1.89 bits per heavy atom. The van der Waals surface area contributed by atoms with E-state index < -0.39 is 23.9 Å². The number of nitrogens with two attached hydrogens (primary N) is 2. The lowest BCUT2D eigenvalue weighted by Gasteiger charge is -2.20. The number of anilines is 1. The van der Waals surface area contributed by atoms with Crippen LogP contribution in [0.4, 0.5) is 18.9 Å². The Kier molecular flexibility index (Phi) is 4.52. The highest BCUT2D eigenvalue weighted by atomic mass is 19.4. The minimum atomic E-state index is -4.51. The van der Waals surface area contributed by atoms with Crippen LogP contribution >= 0.6 is 0 Å². The van der Waals surface area contributed by atoms with Gasteiger partial charge in [0, 0.05) is 12.1 Å². The zero-order valence-electron chi connectivity index (χ0n) is 9.28. The highest BCUT2D eigenvalue weighted by molar-refractivity contribution is 5.54. The minimum absolute atomic E-state index is 0.0449. The third-order valence-electron chi connectivity index (χ3n) is 2.46. The van der Waals surface area contributed by atoms with E-state index >= 15 is 0 Å². The molecule has 0 aromatic heterocycles. The lowest BCUT2D eigenvalue weighted by atomic mass is 10.0. The number of benzene rings is 1. The van der Waals surface area contributed by atoms with Gasteiger partial charge in [-0.05, 0) is 12.1 Å². The molecule has 0 bridgehead atoms. The van der Waals surface area contributed by atoms with Gasteiger partial charge in [-0.15, -0.1) is 0 Å². The van der Waals surface area contributed by atoms with E-state index in [2.05, 4.69) is 5.43 Å². The summed E-state index contributed by atoms with van der Waals surface area (Å²) in [6.45, 7) is -0.230. The highest BCUT2D eigenvalue weighted by Crippen LogP contribution is 2.34. The van der Waals surface area contributed by atoms with E-state index in [9.17, 15) is 23.4 Å². The molecule has 0 aliphatic carbocycles. The lowest BCUT2D eigenvalue weighted by Crippen LogP contribution is -2.28. The van der Waals surface area contributed by atoms with Crippen LogP contribution in [0.2, 0.25) is 0 Å². The number of aliphatic hydroxyl groups is 2. The number of nitrogens with one attached hydrogen (secondary N) is 1. The van der Waals surface area contributed by atoms with E-state index in [0.717, 1.165) is 18.2 Å². The standard InChI is InChI=1S/C10H14F3N3O2/c11-10(12,13)5-1-2-6(7(3-5)16-15)9(18)8(17)4-14/h1-3,8-9,16-18H,4,14-15H2. The Morgan fingerprint density at radius 3 is 2.33 bits per heavy atom. The maximum Gasteiger partial charge on any atom is 0.416 e. The molecule has 0 saturated heterocycles. The van der Waals surface area contributed by atoms with Gasteiger partial charge in [0.05, 0.1) is 17.4 Å². The van der Waals surface area contributed by atoms with E-state index in [1.165, 1.54) is 0 Å². The molecule has 0 heterocycles. The number of aliphatic hydroxyl groups excluding tert-OH is 2. The van der Waals surface area contributed by atoms with Crippen molar-refractivity contribution < 1.29 is 23.4 Å². The van der Waals surface area contributed by atoms with Gasteiger partial charge >= 0.3 is 6.18 Å². The SMILES string of the molecule is NCC(O)C(O)c1ccc(C(F)(F)F)cc1NN. The van der Waals surface area contributed by atoms with Crippen LogP contribution < -0.4 is 17.0 Å². The summed E-state index contributed by atoms with van der Waals surface area (Å²) < 4.78 is 37.4. The van der Waals surface area contributed by atoms with Crippen molar-refractivity contribution in [3.05, 3.63) is 29.3 Å². The van der Waals surface area contributed by atoms with Gasteiger partial charge < -0.3 is 21.4 Å². The van der Waals surface area contributed by atoms with Crippen molar-refractivity contribution in [2.75, 3.05) is 12.0 Å². The molecule has 0 aliphatic rings. The second-order valence-electron chi connectivity index (χ2n) is 3.69. The Hall–Kier alpha value is -1.35. The summed E-state index contributed by atoms with van der Waals surface area (Å²) in [5.74, 6) is 5.10. The van der Waals surface area contributed by atoms with Crippen molar-refractivity contribution in [1.29, 1.82) is 0 Å². The summed E-state index contributed by atoms with van der Waals surface area (Å²) in [6, 6.07) is 2.59. The second-order valence-corrected chi connectivity index (χ2v) is 3.69. The summed E-state index contributed by atoms with van der Waals surface area (Å²) in [5, 5.41) is 19.1. The van der Waals surface area contributed by atoms with Crippen molar-refractivity contribution in [2.45, 2.75) is 18.4 Å². The first kappa shape index (κ1) is 14.7. The summed E-state index contributed by atoms with van der Waals surface area (Å²) >= 11 is 0. The molecular weight excluding hydrogens is 251 g/mol. The minimum Gasteiger partial charge on any atom is -0.389 e. The first-order valence-electron chi connectivity index (χ1n) is 5.05. The van der Waals surface area contributed by atoms with Gasteiger partial charge in [0.25, 0.3) is 0 Å². The molecule has 7 N–H and O–H groups in total. The molecule has 2 atom stereocenters. The number of rotatable bonds is 4. The van der Waals surface area contributed by atoms with Gasteiger partial charge in [-0.1, -0.05) is 6.07 Å². The van der Waals surface area contributed by atoms with Crippen molar-refractivity contribution in [3.8, 4) is 0 Å². The quantitative estimate of drug-likeness (QED) is 0.399. The largest absolute Gasteiger partial charge is 0.416 e. The van der Waals surface area contributed by atoms with E-state index in [0.29, 0.717) is 0 Å². The van der Waals surface area contributed by atoms with E-state index in [1.54, 1.807) is 0 Å². The predicted octanol–water partition coefficient (Wildman–Crippen LogP) is 0.344. The van der Waals surface area contributed by atoms with Gasteiger partial charge in [-0.3, -0.25) is 5.84 Å². The smallest absolute Gasteiger partial charge is 0.389 e. The molecule has 0 radical (unpaired) electrons. The number of hydrogen-bond donors (Lipinski definition) is 5. The monoisotopic (exact) mass is 265 g/mol. The van der Waals surface area contributed by atoms with Crippen LogP contribution in [-0.2, 0) is 6.18 Å². The summed E-state index contributed by atoms with van der Waals surface area (Å²) in [7, 11) is 0. The molecule has 0 aliphatic heterocycles. The molecular formula is C10H14F3N3O2. The van der Waals surface area contributed by atoms with Crippen LogP contribution in [0.1, 0.15) is 17.2 Å². The number of hydrazine groups is 1. The van der Waals surface area contributed by atoms with Crippen LogP contribution in [0.5, 0.6) is 0 Å². The Bertz CT molecular complexity index is 412. The van der Waals surface area contributed by atoms with Gasteiger partial charge in [-0.2, -0.15) is 13.2 Å². The van der Waals surface area contributed by atoms with Gasteiger partial charge in [0.15, 0.2) is 0 Å². The third kappa shape index (κ3) is 3.10. The van der Waals surface area contributed by atoms with Crippen molar-refractivity contribution in [2.24, 2.45) is 11.6 Å². The summed E-state index contributed by atoms with van der Waals surface area (Å²) in [6.07, 6.45) is -7.21. The fourth-order valence-corrected chi connectivity index (χ4v) is 1.45. The molecule has 5 nitrogen and oxygen atoms in total. The van der Waals surface area contributed by atoms with E-state index in [1.807, 2.05) is 0 Å². The highest BCUT2D eigenvalue weighted by Gasteiger charge is 2.32. The Balaban J connectivity index is 3.15. The Morgan fingerprint density at radius 1 is 1.28 bits per heavy atom. The van der Waals surface area contributed by atoms with Gasteiger partial charge in [0.1, 0.15) is 6.10 Å². The summed E-state index contributed by atoms with van der Waals surface area (Å²) in [4.78, 5) is 0. The average Bonchev–Trinajstić information content (AvgIpc) is 2.35. The van der Waals surface area contributed by atoms with E-state index in [-0.39, 0.29) is 17.8 Å². The molecule has 1 rings (SSSR count). The topological polar surface area (TPSA) is 105 Å². The third-order valence-corrected chi connectivity index (χ3v) is 2.46. The summed E-state index contributed by atoms with van der Waals surface area (Å²) in [5.41, 5.74) is 6.23. The van der Waals surface area contributed by atoms with Crippen molar-refractivity contribution >= 4 is 5.69 Å². The van der Waals surface area contributed by atoms with Gasteiger partial charge in [-0.25, -0.2) is 0 Å². The normalized spacial score (nSPS) is 15.3. The zero-order valence-corrected chi connectivity index (χ0v) is 9.28. The maximum absolute atomic E-state index is 12.5. The van der Waals surface area contributed by atoms with Crippen LogP contribution in [0.25, 0.3) is 0 Å². The maximum atomic E-state index is 12.5. The number of nitrogen functional groups attached to an aromatic ring is 1. The molecule has 1 aromatic carbocycles.